The van der Waals surface area contributed by atoms with Crippen LogP contribution in [-0.4, -0.2) is 44.4 Å². The van der Waals surface area contributed by atoms with E-state index in [1.165, 1.54) is 0 Å². The van der Waals surface area contributed by atoms with Crippen LogP contribution in [0.3, 0.4) is 0 Å². The molecule has 0 radical (unpaired) electrons. The van der Waals surface area contributed by atoms with Crippen LogP contribution in [0.5, 0.6) is 0 Å². The Labute approximate surface area is 79.8 Å². The summed E-state index contributed by atoms with van der Waals surface area (Å²) in [5.41, 5.74) is 0. The second kappa shape index (κ2) is 8.44. The first kappa shape index (κ1) is 12.8. The molecular weight excluding hydrogens is 172 g/mol. The Morgan fingerprint density at radius 2 is 2.00 bits per heavy atom. The molecule has 0 aliphatic heterocycles. The van der Waals surface area contributed by atoms with Crippen molar-refractivity contribution in [1.82, 2.24) is 0 Å². The van der Waals surface area contributed by atoms with Crippen molar-refractivity contribution in [3.05, 3.63) is 0 Å². The molecule has 4 heteroatoms. The zero-order chi connectivity index (χ0) is 10.1. The summed E-state index contributed by atoms with van der Waals surface area (Å²) in [4.78, 5) is 0. The molecule has 1 N–H and O–H groups in total. The largest absolute Gasteiger partial charge is 0.394 e. The maximum Gasteiger partial charge on any atom is 0.180 e. The van der Waals surface area contributed by atoms with Gasteiger partial charge in [0.2, 0.25) is 0 Å². The van der Waals surface area contributed by atoms with Gasteiger partial charge in [-0.3, -0.25) is 0 Å². The number of rotatable bonds is 8. The van der Waals surface area contributed by atoms with Crippen LogP contribution in [0.15, 0.2) is 0 Å². The smallest absolute Gasteiger partial charge is 0.180 e. The Balaban J connectivity index is 3.67. The van der Waals surface area contributed by atoms with Crippen molar-refractivity contribution in [2.24, 2.45) is 0 Å². The minimum Gasteiger partial charge on any atom is -0.394 e. The number of ether oxygens (including phenoxy) is 3. The molecular formula is C9H20O4. The summed E-state index contributed by atoms with van der Waals surface area (Å²) in [5, 5.41) is 8.87. The normalized spacial score (nSPS) is 15.7. The lowest BCUT2D eigenvalue weighted by Gasteiger charge is -2.21. The van der Waals surface area contributed by atoms with E-state index in [1.807, 2.05) is 13.8 Å². The highest BCUT2D eigenvalue weighted by molar-refractivity contribution is 4.53. The Morgan fingerprint density at radius 1 is 1.31 bits per heavy atom. The van der Waals surface area contributed by atoms with Crippen molar-refractivity contribution in [2.45, 2.75) is 32.7 Å². The highest BCUT2D eigenvalue weighted by Gasteiger charge is 2.13. The van der Waals surface area contributed by atoms with Gasteiger partial charge in [0.1, 0.15) is 0 Å². The number of aliphatic hydroxyl groups is 1. The van der Waals surface area contributed by atoms with Crippen LogP contribution in [0.4, 0.5) is 0 Å². The van der Waals surface area contributed by atoms with Gasteiger partial charge in [-0.2, -0.15) is 0 Å². The fourth-order valence-electron chi connectivity index (χ4n) is 0.860. The van der Waals surface area contributed by atoms with E-state index in [2.05, 4.69) is 0 Å². The second-order valence-corrected chi connectivity index (χ2v) is 2.67. The van der Waals surface area contributed by atoms with Crippen LogP contribution in [0.25, 0.3) is 0 Å². The van der Waals surface area contributed by atoms with Crippen LogP contribution in [0, 0.1) is 0 Å². The molecule has 4 nitrogen and oxygen atoms in total. The molecule has 0 rings (SSSR count). The van der Waals surface area contributed by atoms with Gasteiger partial charge in [-0.05, 0) is 13.3 Å². The Morgan fingerprint density at radius 3 is 2.38 bits per heavy atom. The molecule has 0 spiro atoms. The van der Waals surface area contributed by atoms with Crippen molar-refractivity contribution in [3.8, 4) is 0 Å². The number of methoxy groups -OCH3 is 1. The van der Waals surface area contributed by atoms with Gasteiger partial charge >= 0.3 is 0 Å². The molecule has 80 valence electrons. The third-order valence-electron chi connectivity index (χ3n) is 1.72. The van der Waals surface area contributed by atoms with Crippen LogP contribution < -0.4 is 0 Å². The lowest BCUT2D eigenvalue weighted by Crippen LogP contribution is -2.29. The Hall–Kier alpha value is -0.160. The van der Waals surface area contributed by atoms with Crippen molar-refractivity contribution in [2.75, 3.05) is 26.9 Å². The summed E-state index contributed by atoms with van der Waals surface area (Å²) < 4.78 is 15.6. The third-order valence-corrected chi connectivity index (χ3v) is 1.72. The molecule has 0 aliphatic rings. The molecule has 2 unspecified atom stereocenters. The topological polar surface area (TPSA) is 47.9 Å². The van der Waals surface area contributed by atoms with Crippen LogP contribution in [0.2, 0.25) is 0 Å². The van der Waals surface area contributed by atoms with E-state index in [0.29, 0.717) is 13.2 Å². The van der Waals surface area contributed by atoms with Crippen molar-refractivity contribution < 1.29 is 19.3 Å². The maximum absolute atomic E-state index is 8.87. The summed E-state index contributed by atoms with van der Waals surface area (Å²) in [6.07, 6.45) is 0.227. The van der Waals surface area contributed by atoms with Gasteiger partial charge < -0.3 is 19.3 Å². The van der Waals surface area contributed by atoms with Crippen molar-refractivity contribution in [3.63, 3.8) is 0 Å². The maximum atomic E-state index is 8.87. The fraction of sp³-hybridized carbons (Fsp3) is 1.00. The van der Waals surface area contributed by atoms with Gasteiger partial charge in [-0.1, -0.05) is 6.92 Å². The molecule has 0 aromatic carbocycles. The molecule has 0 saturated heterocycles. The highest BCUT2D eigenvalue weighted by Crippen LogP contribution is 2.03. The van der Waals surface area contributed by atoms with Gasteiger partial charge in [0.25, 0.3) is 0 Å². The molecule has 0 fully saturated rings. The number of hydrogen-bond acceptors (Lipinski definition) is 4. The van der Waals surface area contributed by atoms with Gasteiger partial charge in [0.05, 0.1) is 19.3 Å². The Kier molecular flexibility index (Phi) is 8.33. The third kappa shape index (κ3) is 5.99. The molecule has 13 heavy (non-hydrogen) atoms. The van der Waals surface area contributed by atoms with Crippen LogP contribution in [-0.2, 0) is 14.2 Å². The average Bonchev–Trinajstić information content (AvgIpc) is 2.19. The van der Waals surface area contributed by atoms with Crippen LogP contribution >= 0.6 is 0 Å². The SMILES string of the molecule is CCOCC(OC)OC(CC)CO. The molecule has 0 aliphatic carbocycles. The summed E-state index contributed by atoms with van der Waals surface area (Å²) in [6.45, 7) is 4.93. The van der Waals surface area contributed by atoms with Crippen LogP contribution in [0.1, 0.15) is 20.3 Å². The van der Waals surface area contributed by atoms with E-state index in [0.717, 1.165) is 6.42 Å². The average molecular weight is 192 g/mol. The minimum atomic E-state index is -0.378. The van der Waals surface area contributed by atoms with Crippen molar-refractivity contribution in [1.29, 1.82) is 0 Å². The molecule has 0 amide bonds. The second-order valence-electron chi connectivity index (χ2n) is 2.67. The van der Waals surface area contributed by atoms with Gasteiger partial charge in [-0.15, -0.1) is 0 Å². The lowest BCUT2D eigenvalue weighted by atomic mass is 10.3. The predicted octanol–water partition coefficient (Wildman–Crippen LogP) is 0.783. The fourth-order valence-corrected chi connectivity index (χ4v) is 0.860. The van der Waals surface area contributed by atoms with E-state index >= 15 is 0 Å². The van der Waals surface area contributed by atoms with Gasteiger partial charge in [0, 0.05) is 13.7 Å². The summed E-state index contributed by atoms with van der Waals surface area (Å²) in [6, 6.07) is 0. The molecule has 0 aromatic rings. The van der Waals surface area contributed by atoms with E-state index in [1.54, 1.807) is 7.11 Å². The molecule has 2 atom stereocenters. The molecule has 0 aromatic heterocycles. The van der Waals surface area contributed by atoms with Crippen molar-refractivity contribution >= 4 is 0 Å². The number of hydrogen-bond donors (Lipinski definition) is 1. The standard InChI is InChI=1S/C9H20O4/c1-4-8(6-10)13-9(11-3)7-12-5-2/h8-10H,4-7H2,1-3H3. The Bertz CT molecular complexity index is 104. The first-order valence-electron chi connectivity index (χ1n) is 4.65. The molecule has 0 saturated carbocycles. The number of aliphatic hydroxyl groups excluding tert-OH is 1. The van der Waals surface area contributed by atoms with E-state index in [9.17, 15) is 0 Å². The summed E-state index contributed by atoms with van der Waals surface area (Å²) in [7, 11) is 1.56. The summed E-state index contributed by atoms with van der Waals surface area (Å²) >= 11 is 0. The highest BCUT2D eigenvalue weighted by atomic mass is 16.7. The first-order valence-corrected chi connectivity index (χ1v) is 4.65. The lowest BCUT2D eigenvalue weighted by molar-refractivity contribution is -0.189. The minimum absolute atomic E-state index is 0.0164. The first-order chi connectivity index (χ1) is 6.28. The zero-order valence-electron chi connectivity index (χ0n) is 8.66. The van der Waals surface area contributed by atoms with Gasteiger partial charge in [0.15, 0.2) is 6.29 Å². The van der Waals surface area contributed by atoms with Gasteiger partial charge in [-0.25, -0.2) is 0 Å². The van der Waals surface area contributed by atoms with E-state index in [4.69, 9.17) is 19.3 Å². The van der Waals surface area contributed by atoms with E-state index < -0.39 is 0 Å². The molecule has 0 heterocycles. The quantitative estimate of drug-likeness (QED) is 0.577. The molecule has 0 bridgehead atoms. The zero-order valence-corrected chi connectivity index (χ0v) is 8.66. The summed E-state index contributed by atoms with van der Waals surface area (Å²) in [5.74, 6) is 0. The monoisotopic (exact) mass is 192 g/mol. The van der Waals surface area contributed by atoms with E-state index in [-0.39, 0.29) is 19.0 Å². The predicted molar refractivity (Wildman–Crippen MR) is 49.5 cm³/mol.